The number of amides is 3. The summed E-state index contributed by atoms with van der Waals surface area (Å²) in [7, 11) is 1.84. The molecule has 3 amide bonds. The second-order valence-electron chi connectivity index (χ2n) is 10.8. The zero-order valence-electron chi connectivity index (χ0n) is 21.3. The zero-order chi connectivity index (χ0) is 27.2. The summed E-state index contributed by atoms with van der Waals surface area (Å²) in [6, 6.07) is -1.32. The van der Waals surface area contributed by atoms with Gasteiger partial charge in [-0.05, 0) is 31.4 Å². The first-order chi connectivity index (χ1) is 17.3. The standard InChI is InChI=1S/C25H31F3N6O3/c1-25(2,3)21(23(36)33-8-5-6-19(33)22(29)35)30-24(37)34-18-7-9-32(4)12-14(18)20(31-34)13-10-16(27)17(28)11-15(13)26/h10-11,19,21H,5-9,12H2,1-4H3,(H2,29,35)(H,30,37)/t19-,21+/m0/s1. The van der Waals surface area contributed by atoms with Crippen LogP contribution in [0.3, 0.4) is 0 Å². The highest BCUT2D eigenvalue weighted by atomic mass is 19.2. The van der Waals surface area contributed by atoms with Crippen LogP contribution in [0.2, 0.25) is 0 Å². The van der Waals surface area contributed by atoms with E-state index in [-0.39, 0.29) is 11.3 Å². The number of benzene rings is 1. The molecule has 2 aliphatic heterocycles. The molecule has 0 aliphatic carbocycles. The van der Waals surface area contributed by atoms with Crippen molar-refractivity contribution in [3.63, 3.8) is 0 Å². The van der Waals surface area contributed by atoms with Gasteiger partial charge in [0, 0.05) is 43.2 Å². The lowest BCUT2D eigenvalue weighted by Gasteiger charge is -2.35. The smallest absolute Gasteiger partial charge is 0.343 e. The maximum Gasteiger partial charge on any atom is 0.343 e. The molecule has 0 saturated carbocycles. The van der Waals surface area contributed by atoms with Crippen LogP contribution in [0.1, 0.15) is 44.9 Å². The van der Waals surface area contributed by atoms with E-state index in [1.807, 2.05) is 11.9 Å². The molecule has 1 aromatic carbocycles. The fourth-order valence-corrected chi connectivity index (χ4v) is 4.97. The van der Waals surface area contributed by atoms with Crippen LogP contribution in [0, 0.1) is 22.9 Å². The molecular formula is C25H31F3N6O3. The van der Waals surface area contributed by atoms with Gasteiger partial charge in [-0.1, -0.05) is 20.8 Å². The van der Waals surface area contributed by atoms with Gasteiger partial charge in [-0.2, -0.15) is 9.78 Å². The highest BCUT2D eigenvalue weighted by molar-refractivity contribution is 5.93. The summed E-state index contributed by atoms with van der Waals surface area (Å²) in [6.07, 6.45) is 1.46. The summed E-state index contributed by atoms with van der Waals surface area (Å²) in [5.41, 5.74) is 5.52. The van der Waals surface area contributed by atoms with Crippen LogP contribution in [0.15, 0.2) is 12.1 Å². The van der Waals surface area contributed by atoms with Gasteiger partial charge in [-0.25, -0.2) is 18.0 Å². The number of carbonyl (C=O) groups excluding carboxylic acids is 3. The van der Waals surface area contributed by atoms with Gasteiger partial charge < -0.3 is 20.9 Å². The monoisotopic (exact) mass is 520 g/mol. The number of nitrogens with two attached hydrogens (primary N) is 1. The number of nitrogens with zero attached hydrogens (tertiary/aromatic N) is 4. The molecule has 0 radical (unpaired) electrons. The molecule has 3 heterocycles. The Labute approximate surface area is 212 Å². The van der Waals surface area contributed by atoms with Crippen LogP contribution in [0.25, 0.3) is 11.3 Å². The predicted molar refractivity (Wildman–Crippen MR) is 129 cm³/mol. The number of rotatable bonds is 4. The quantitative estimate of drug-likeness (QED) is 0.601. The van der Waals surface area contributed by atoms with Crippen molar-refractivity contribution in [3.05, 3.63) is 40.8 Å². The largest absolute Gasteiger partial charge is 0.368 e. The molecule has 12 heteroatoms. The summed E-state index contributed by atoms with van der Waals surface area (Å²) in [5, 5.41) is 7.06. The van der Waals surface area contributed by atoms with Crippen molar-refractivity contribution in [2.45, 2.75) is 58.7 Å². The lowest BCUT2D eigenvalue weighted by atomic mass is 9.85. The van der Waals surface area contributed by atoms with Crippen molar-refractivity contribution in [1.82, 2.24) is 24.9 Å². The van der Waals surface area contributed by atoms with E-state index in [4.69, 9.17) is 5.73 Å². The first kappa shape index (κ1) is 26.6. The summed E-state index contributed by atoms with van der Waals surface area (Å²) < 4.78 is 43.3. The molecule has 0 bridgehead atoms. The third-order valence-electron chi connectivity index (χ3n) is 6.95. The Kier molecular flexibility index (Phi) is 7.06. The number of aromatic nitrogens is 2. The van der Waals surface area contributed by atoms with E-state index in [2.05, 4.69) is 10.4 Å². The summed E-state index contributed by atoms with van der Waals surface area (Å²) in [6.45, 7) is 6.58. The van der Waals surface area contributed by atoms with Crippen LogP contribution in [0.4, 0.5) is 18.0 Å². The third kappa shape index (κ3) is 5.07. The summed E-state index contributed by atoms with van der Waals surface area (Å²) in [5.74, 6) is -4.61. The highest BCUT2D eigenvalue weighted by Crippen LogP contribution is 2.33. The SMILES string of the molecule is CN1CCc2c(c(-c3cc(F)c(F)cc3F)nn2C(=O)N[C@H](C(=O)N2CCC[C@H]2C(N)=O)C(C)(C)C)C1. The predicted octanol–water partition coefficient (Wildman–Crippen LogP) is 2.40. The van der Waals surface area contributed by atoms with Crippen molar-refractivity contribution in [1.29, 1.82) is 0 Å². The van der Waals surface area contributed by atoms with Crippen LogP contribution < -0.4 is 11.1 Å². The van der Waals surface area contributed by atoms with Crippen LogP contribution in [-0.4, -0.2) is 69.6 Å². The molecule has 1 saturated heterocycles. The van der Waals surface area contributed by atoms with Gasteiger partial charge in [0.25, 0.3) is 0 Å². The molecule has 1 fully saturated rings. The summed E-state index contributed by atoms with van der Waals surface area (Å²) >= 11 is 0. The van der Waals surface area contributed by atoms with Crippen molar-refractivity contribution >= 4 is 17.8 Å². The molecule has 9 nitrogen and oxygen atoms in total. The zero-order valence-corrected chi connectivity index (χ0v) is 21.3. The fourth-order valence-electron chi connectivity index (χ4n) is 4.97. The minimum Gasteiger partial charge on any atom is -0.368 e. The molecular weight excluding hydrogens is 489 g/mol. The molecule has 0 spiro atoms. The molecule has 1 aromatic heterocycles. The fraction of sp³-hybridized carbons (Fsp3) is 0.520. The van der Waals surface area contributed by atoms with Crippen LogP contribution >= 0.6 is 0 Å². The molecule has 200 valence electrons. The Hall–Kier alpha value is -3.41. The molecule has 2 aliphatic rings. The maximum absolute atomic E-state index is 14.7. The molecule has 37 heavy (non-hydrogen) atoms. The Balaban J connectivity index is 1.72. The number of likely N-dealkylation sites (N-methyl/N-ethyl adjacent to an activating group) is 1. The van der Waals surface area contributed by atoms with E-state index in [0.29, 0.717) is 56.2 Å². The number of nitrogens with one attached hydrogen (secondary N) is 1. The van der Waals surface area contributed by atoms with Gasteiger partial charge in [0.05, 0.1) is 5.69 Å². The molecule has 2 atom stereocenters. The van der Waals surface area contributed by atoms with E-state index < -0.39 is 52.8 Å². The number of hydrogen-bond acceptors (Lipinski definition) is 5. The molecule has 3 N–H and O–H groups in total. The average molecular weight is 521 g/mol. The number of fused-ring (bicyclic) bond motifs is 1. The Morgan fingerprint density at radius 3 is 2.43 bits per heavy atom. The molecule has 2 aromatic rings. The second kappa shape index (κ2) is 9.81. The van der Waals surface area contributed by atoms with Gasteiger partial charge in [0.15, 0.2) is 11.6 Å². The van der Waals surface area contributed by atoms with Crippen molar-refractivity contribution in [2.75, 3.05) is 20.1 Å². The highest BCUT2D eigenvalue weighted by Gasteiger charge is 2.42. The number of likely N-dealkylation sites (tertiary alicyclic amines) is 1. The lowest BCUT2D eigenvalue weighted by molar-refractivity contribution is -0.140. The maximum atomic E-state index is 14.7. The number of hydrogen-bond donors (Lipinski definition) is 2. The van der Waals surface area contributed by atoms with Gasteiger partial charge in [-0.3, -0.25) is 9.59 Å². The topological polar surface area (TPSA) is 114 Å². The Bertz CT molecular complexity index is 1260. The van der Waals surface area contributed by atoms with Crippen molar-refractivity contribution in [3.8, 4) is 11.3 Å². The number of primary amides is 1. The van der Waals surface area contributed by atoms with Crippen molar-refractivity contribution in [2.24, 2.45) is 11.1 Å². The number of halogens is 3. The lowest BCUT2D eigenvalue weighted by Crippen LogP contribution is -2.58. The summed E-state index contributed by atoms with van der Waals surface area (Å²) in [4.78, 5) is 42.2. The van der Waals surface area contributed by atoms with Crippen LogP contribution in [-0.2, 0) is 22.6 Å². The third-order valence-corrected chi connectivity index (χ3v) is 6.95. The second-order valence-corrected chi connectivity index (χ2v) is 10.8. The normalized spacial score (nSPS) is 19.0. The van der Waals surface area contributed by atoms with E-state index in [1.165, 1.54) is 4.90 Å². The minimum atomic E-state index is -1.33. The van der Waals surface area contributed by atoms with Crippen molar-refractivity contribution < 1.29 is 27.6 Å². The Morgan fingerprint density at radius 2 is 1.78 bits per heavy atom. The van der Waals surface area contributed by atoms with E-state index in [9.17, 15) is 27.6 Å². The number of carbonyl (C=O) groups is 3. The first-order valence-electron chi connectivity index (χ1n) is 12.1. The first-order valence-corrected chi connectivity index (χ1v) is 12.1. The average Bonchev–Trinajstić information content (AvgIpc) is 3.44. The Morgan fingerprint density at radius 1 is 1.11 bits per heavy atom. The van der Waals surface area contributed by atoms with Gasteiger partial charge in [0.2, 0.25) is 11.8 Å². The van der Waals surface area contributed by atoms with Gasteiger partial charge >= 0.3 is 6.03 Å². The molecule has 4 rings (SSSR count). The van der Waals surface area contributed by atoms with E-state index in [1.54, 1.807) is 20.8 Å². The van der Waals surface area contributed by atoms with E-state index in [0.717, 1.165) is 10.7 Å². The van der Waals surface area contributed by atoms with E-state index >= 15 is 0 Å². The van der Waals surface area contributed by atoms with Gasteiger partial charge in [0.1, 0.15) is 23.6 Å². The van der Waals surface area contributed by atoms with Crippen LogP contribution in [0.5, 0.6) is 0 Å². The minimum absolute atomic E-state index is 0.0278. The molecule has 0 unspecified atom stereocenters. The van der Waals surface area contributed by atoms with Gasteiger partial charge in [-0.15, -0.1) is 0 Å².